The summed E-state index contributed by atoms with van der Waals surface area (Å²) in [6.07, 6.45) is 6.61. The molecule has 200 valence electrons. The standard InChI is InChI=1S/C30H37N7.ClH/c1-22-9-8-14-26(23(22)2)36-19-17-35(18-20-36)16-15-31-28-27-30(33-21-32-28)37(25-12-4-3-5-13-25)29(34-27)24-10-6-7-11-24;/h3-5,8-9,12-14,21,24H,6-7,10-11,15-20H2,1-2H3,(H,31,32,33);1H. The molecule has 2 aromatic carbocycles. The Labute approximate surface area is 231 Å². The van der Waals surface area contributed by atoms with Gasteiger partial charge in [-0.1, -0.05) is 43.2 Å². The van der Waals surface area contributed by atoms with Gasteiger partial charge in [-0.15, -0.1) is 12.4 Å². The van der Waals surface area contributed by atoms with E-state index in [1.54, 1.807) is 6.33 Å². The number of anilines is 2. The van der Waals surface area contributed by atoms with Crippen LogP contribution >= 0.6 is 12.4 Å². The molecule has 0 unspecified atom stereocenters. The Bertz CT molecular complexity index is 1360. The summed E-state index contributed by atoms with van der Waals surface area (Å²) in [5, 5.41) is 3.59. The molecular formula is C30H38ClN7. The average Bonchev–Trinajstić information content (AvgIpc) is 3.60. The minimum atomic E-state index is 0. The fourth-order valence-electron chi connectivity index (χ4n) is 5.95. The van der Waals surface area contributed by atoms with Crippen LogP contribution in [0.3, 0.4) is 0 Å². The Morgan fingerprint density at radius 1 is 0.895 bits per heavy atom. The third-order valence-electron chi connectivity index (χ3n) is 8.21. The van der Waals surface area contributed by atoms with E-state index >= 15 is 0 Å². The number of hydrogen-bond acceptors (Lipinski definition) is 6. The Hall–Kier alpha value is -3.16. The van der Waals surface area contributed by atoms with Crippen LogP contribution in [-0.4, -0.2) is 63.7 Å². The van der Waals surface area contributed by atoms with Crippen molar-refractivity contribution in [2.24, 2.45) is 0 Å². The molecule has 1 saturated heterocycles. The predicted octanol–water partition coefficient (Wildman–Crippen LogP) is 5.75. The normalized spacial score (nSPS) is 16.6. The van der Waals surface area contributed by atoms with Crippen LogP contribution in [0.1, 0.15) is 48.6 Å². The van der Waals surface area contributed by atoms with Gasteiger partial charge < -0.3 is 10.2 Å². The number of nitrogens with zero attached hydrogens (tertiary/aromatic N) is 6. The number of aryl methyl sites for hydroxylation is 1. The van der Waals surface area contributed by atoms with Gasteiger partial charge in [0, 0.05) is 56.6 Å². The number of fused-ring (bicyclic) bond motifs is 1. The number of rotatable bonds is 7. The largest absolute Gasteiger partial charge is 0.369 e. The van der Waals surface area contributed by atoms with Crippen LogP contribution in [-0.2, 0) is 0 Å². The van der Waals surface area contributed by atoms with E-state index in [1.165, 1.54) is 42.5 Å². The molecule has 7 nitrogen and oxygen atoms in total. The van der Waals surface area contributed by atoms with E-state index in [2.05, 4.69) is 87.0 Å². The van der Waals surface area contributed by atoms with Gasteiger partial charge in [-0.05, 0) is 56.0 Å². The SMILES string of the molecule is Cc1cccc(N2CCN(CCNc3ncnc4c3nc(C3CCCC3)n4-c3ccccc3)CC2)c1C.Cl. The van der Waals surface area contributed by atoms with Crippen molar-refractivity contribution in [2.75, 3.05) is 49.5 Å². The van der Waals surface area contributed by atoms with Gasteiger partial charge in [0.05, 0.1) is 0 Å². The smallest absolute Gasteiger partial charge is 0.170 e. The third-order valence-corrected chi connectivity index (χ3v) is 8.21. The number of halogens is 1. The predicted molar refractivity (Wildman–Crippen MR) is 158 cm³/mol. The monoisotopic (exact) mass is 531 g/mol. The lowest BCUT2D eigenvalue weighted by Crippen LogP contribution is -2.47. The Morgan fingerprint density at radius 3 is 2.42 bits per heavy atom. The second-order valence-electron chi connectivity index (χ2n) is 10.5. The van der Waals surface area contributed by atoms with Gasteiger partial charge >= 0.3 is 0 Å². The highest BCUT2D eigenvalue weighted by molar-refractivity contribution is 5.85. The molecule has 1 saturated carbocycles. The first-order valence-corrected chi connectivity index (χ1v) is 13.7. The van der Waals surface area contributed by atoms with Gasteiger partial charge in [0.1, 0.15) is 12.2 Å². The van der Waals surface area contributed by atoms with Crippen LogP contribution in [0.15, 0.2) is 54.9 Å². The Morgan fingerprint density at radius 2 is 1.66 bits per heavy atom. The molecule has 2 aromatic heterocycles. The lowest BCUT2D eigenvalue weighted by Gasteiger charge is -2.37. The second-order valence-corrected chi connectivity index (χ2v) is 10.5. The van der Waals surface area contributed by atoms with Crippen LogP contribution in [0, 0.1) is 13.8 Å². The van der Waals surface area contributed by atoms with Crippen molar-refractivity contribution in [3.63, 3.8) is 0 Å². The number of hydrogen-bond donors (Lipinski definition) is 1. The number of aromatic nitrogens is 4. The molecule has 8 heteroatoms. The highest BCUT2D eigenvalue weighted by atomic mass is 35.5. The number of para-hydroxylation sites is 1. The zero-order chi connectivity index (χ0) is 25.2. The molecule has 0 radical (unpaired) electrons. The molecule has 6 rings (SSSR count). The number of benzene rings is 2. The maximum absolute atomic E-state index is 5.15. The fourth-order valence-corrected chi connectivity index (χ4v) is 5.95. The van der Waals surface area contributed by atoms with Crippen molar-refractivity contribution in [1.29, 1.82) is 0 Å². The molecule has 1 N–H and O–H groups in total. The van der Waals surface area contributed by atoms with Crippen molar-refractivity contribution >= 4 is 35.1 Å². The number of piperazine rings is 1. The maximum atomic E-state index is 5.15. The van der Waals surface area contributed by atoms with Gasteiger partial charge in [0.15, 0.2) is 17.0 Å². The fraction of sp³-hybridized carbons (Fsp3) is 0.433. The van der Waals surface area contributed by atoms with E-state index in [0.29, 0.717) is 5.92 Å². The van der Waals surface area contributed by atoms with Gasteiger partial charge in [-0.25, -0.2) is 15.0 Å². The van der Waals surface area contributed by atoms with Crippen molar-refractivity contribution in [1.82, 2.24) is 24.4 Å². The quantitative estimate of drug-likeness (QED) is 0.328. The zero-order valence-electron chi connectivity index (χ0n) is 22.4. The van der Waals surface area contributed by atoms with E-state index < -0.39 is 0 Å². The van der Waals surface area contributed by atoms with Crippen LogP contribution in [0.4, 0.5) is 11.5 Å². The summed E-state index contributed by atoms with van der Waals surface area (Å²) >= 11 is 0. The first kappa shape index (κ1) is 26.4. The van der Waals surface area contributed by atoms with Crippen molar-refractivity contribution in [2.45, 2.75) is 45.4 Å². The van der Waals surface area contributed by atoms with Crippen LogP contribution in [0.5, 0.6) is 0 Å². The van der Waals surface area contributed by atoms with E-state index in [1.807, 2.05) is 0 Å². The molecular weight excluding hydrogens is 494 g/mol. The van der Waals surface area contributed by atoms with Gasteiger partial charge in [-0.2, -0.15) is 0 Å². The zero-order valence-corrected chi connectivity index (χ0v) is 23.3. The number of imidazole rings is 1. The summed E-state index contributed by atoms with van der Waals surface area (Å²) in [7, 11) is 0. The molecule has 0 spiro atoms. The first-order chi connectivity index (χ1) is 18.2. The summed E-state index contributed by atoms with van der Waals surface area (Å²) in [6, 6.07) is 17.1. The molecule has 2 fully saturated rings. The van der Waals surface area contributed by atoms with Crippen LogP contribution in [0.2, 0.25) is 0 Å². The highest BCUT2D eigenvalue weighted by Crippen LogP contribution is 2.37. The summed E-state index contributed by atoms with van der Waals surface area (Å²) in [5.41, 5.74) is 7.05. The maximum Gasteiger partial charge on any atom is 0.170 e. The summed E-state index contributed by atoms with van der Waals surface area (Å²) in [6.45, 7) is 10.5. The molecule has 0 atom stereocenters. The average molecular weight is 532 g/mol. The highest BCUT2D eigenvalue weighted by Gasteiger charge is 2.26. The van der Waals surface area contributed by atoms with Crippen molar-refractivity contribution in [3.05, 3.63) is 71.8 Å². The van der Waals surface area contributed by atoms with Gasteiger partial charge in [-0.3, -0.25) is 9.47 Å². The molecule has 4 aromatic rings. The van der Waals surface area contributed by atoms with E-state index in [4.69, 9.17) is 9.97 Å². The molecule has 3 heterocycles. The lowest BCUT2D eigenvalue weighted by molar-refractivity contribution is 0.267. The van der Waals surface area contributed by atoms with Gasteiger partial charge in [0.2, 0.25) is 0 Å². The van der Waals surface area contributed by atoms with Crippen molar-refractivity contribution in [3.8, 4) is 5.69 Å². The minimum absolute atomic E-state index is 0. The molecule has 0 amide bonds. The third kappa shape index (κ3) is 5.22. The molecule has 0 bridgehead atoms. The molecule has 2 aliphatic rings. The van der Waals surface area contributed by atoms with E-state index in [9.17, 15) is 0 Å². The molecule has 38 heavy (non-hydrogen) atoms. The topological polar surface area (TPSA) is 62.1 Å². The summed E-state index contributed by atoms with van der Waals surface area (Å²) < 4.78 is 2.25. The lowest BCUT2D eigenvalue weighted by atomic mass is 10.1. The minimum Gasteiger partial charge on any atom is -0.369 e. The Balaban J connectivity index is 0.00000294. The summed E-state index contributed by atoms with van der Waals surface area (Å²) in [4.78, 5) is 19.5. The van der Waals surface area contributed by atoms with Crippen molar-refractivity contribution < 1.29 is 0 Å². The summed E-state index contributed by atoms with van der Waals surface area (Å²) in [5.74, 6) is 2.45. The number of nitrogens with one attached hydrogen (secondary N) is 1. The molecule has 1 aliphatic carbocycles. The first-order valence-electron chi connectivity index (χ1n) is 13.7. The van der Waals surface area contributed by atoms with E-state index in [-0.39, 0.29) is 12.4 Å². The van der Waals surface area contributed by atoms with E-state index in [0.717, 1.165) is 67.8 Å². The van der Waals surface area contributed by atoms with Crippen LogP contribution in [0.25, 0.3) is 16.9 Å². The second kappa shape index (κ2) is 11.7. The Kier molecular flexibility index (Phi) is 8.15. The van der Waals surface area contributed by atoms with Crippen LogP contribution < -0.4 is 10.2 Å². The molecule has 1 aliphatic heterocycles. The van der Waals surface area contributed by atoms with Gasteiger partial charge in [0.25, 0.3) is 0 Å².